The van der Waals surface area contributed by atoms with Gasteiger partial charge in [0.25, 0.3) is 0 Å². The van der Waals surface area contributed by atoms with E-state index < -0.39 is 0 Å². The van der Waals surface area contributed by atoms with Gasteiger partial charge >= 0.3 is 0 Å². The summed E-state index contributed by atoms with van der Waals surface area (Å²) in [5.74, 6) is 0. The van der Waals surface area contributed by atoms with Gasteiger partial charge in [-0.1, -0.05) is 64.4 Å². The predicted molar refractivity (Wildman–Crippen MR) is 95.9 cm³/mol. The van der Waals surface area contributed by atoms with Crippen LogP contribution in [0.25, 0.3) is 0 Å². The van der Waals surface area contributed by atoms with E-state index in [1.165, 1.54) is 43.4 Å². The molecule has 0 saturated carbocycles. The Balaban J connectivity index is 1.25. The fourth-order valence-electron chi connectivity index (χ4n) is 3.64. The third kappa shape index (κ3) is 3.08. The van der Waals surface area contributed by atoms with Gasteiger partial charge in [0.15, 0.2) is 0 Å². The van der Waals surface area contributed by atoms with Crippen molar-refractivity contribution in [1.82, 2.24) is 0 Å². The van der Waals surface area contributed by atoms with Gasteiger partial charge in [-0.15, -0.1) is 0 Å². The molecule has 0 unspecified atom stereocenters. The van der Waals surface area contributed by atoms with Crippen molar-refractivity contribution in [3.05, 3.63) is 70.8 Å². The van der Waals surface area contributed by atoms with Crippen molar-refractivity contribution in [2.45, 2.75) is 31.1 Å². The molecule has 0 spiro atoms. The molecular weight excluding hydrogens is 290 g/mol. The Bertz CT molecular complexity index is 529. The molecule has 0 fully saturated rings. The van der Waals surface area contributed by atoms with E-state index >= 15 is 0 Å². The average molecular weight is 312 g/mol. The van der Waals surface area contributed by atoms with Crippen molar-refractivity contribution in [3.8, 4) is 0 Å². The fourth-order valence-corrected chi connectivity index (χ4v) is 9.12. The van der Waals surface area contributed by atoms with Gasteiger partial charge in [-0.2, -0.15) is 0 Å². The average Bonchev–Trinajstić information content (AvgIpc) is 3.09. The maximum Gasteiger partial charge on any atom is -0.00672 e. The van der Waals surface area contributed by atoms with Crippen molar-refractivity contribution < 1.29 is 0 Å². The van der Waals surface area contributed by atoms with E-state index in [4.69, 9.17) is 0 Å². The number of hydrogen-bond acceptors (Lipinski definition) is 0. The Kier molecular flexibility index (Phi) is 4.11. The van der Waals surface area contributed by atoms with Crippen LogP contribution in [0.3, 0.4) is 0 Å². The lowest BCUT2D eigenvalue weighted by atomic mass is 10.1. The van der Waals surface area contributed by atoms with Gasteiger partial charge < -0.3 is 0 Å². The molecule has 108 valence electrons. The first-order valence-corrected chi connectivity index (χ1v) is 11.8. The minimum atomic E-state index is 0.260. The highest BCUT2D eigenvalue weighted by Gasteiger charge is 2.22. The Morgan fingerprint density at radius 2 is 0.905 bits per heavy atom. The molecule has 2 aliphatic rings. The Morgan fingerprint density at radius 3 is 1.24 bits per heavy atom. The van der Waals surface area contributed by atoms with Crippen LogP contribution in [-0.4, -0.2) is 12.3 Å². The molecule has 21 heavy (non-hydrogen) atoms. The van der Waals surface area contributed by atoms with Crippen LogP contribution in [0.15, 0.2) is 48.5 Å². The van der Waals surface area contributed by atoms with Crippen LogP contribution in [0.2, 0.25) is 0 Å². The van der Waals surface area contributed by atoms with E-state index in [0.29, 0.717) is 0 Å². The number of rotatable bonds is 4. The molecule has 0 atom stereocenters. The van der Waals surface area contributed by atoms with Crippen molar-refractivity contribution in [3.63, 3.8) is 0 Å². The zero-order valence-corrected chi connectivity index (χ0v) is 14.3. The summed E-state index contributed by atoms with van der Waals surface area (Å²) in [7, 11) is 0.519. The van der Waals surface area contributed by atoms with Crippen LogP contribution in [-0.2, 0) is 24.6 Å². The van der Waals surface area contributed by atoms with E-state index in [2.05, 4.69) is 48.5 Å². The molecule has 0 N–H and O–H groups in total. The maximum absolute atomic E-state index is 2.34. The Labute approximate surface area is 130 Å². The first-order valence-electron chi connectivity index (χ1n) is 7.97. The molecule has 0 saturated heterocycles. The maximum atomic E-state index is 2.34. The van der Waals surface area contributed by atoms with Crippen molar-refractivity contribution in [2.24, 2.45) is 0 Å². The summed E-state index contributed by atoms with van der Waals surface area (Å²) in [6.45, 7) is 0. The lowest BCUT2D eigenvalue weighted by Gasteiger charge is -2.13. The minimum Gasteiger partial charge on any atom is -0.0977 e. The topological polar surface area (TPSA) is 0 Å². The highest BCUT2D eigenvalue weighted by Crippen LogP contribution is 2.54. The number of hydrogen-bond donors (Lipinski definition) is 0. The summed E-state index contributed by atoms with van der Waals surface area (Å²) in [4.78, 5) is 0. The molecule has 0 nitrogen and oxygen atoms in total. The molecule has 0 radical (unpaired) electrons. The third-order valence-electron chi connectivity index (χ3n) is 4.76. The van der Waals surface area contributed by atoms with Crippen molar-refractivity contribution >= 4 is 15.8 Å². The molecule has 2 heteroatoms. The zero-order chi connectivity index (χ0) is 14.1. The first kappa shape index (κ1) is 13.9. The molecule has 2 aromatic rings. The second-order valence-electron chi connectivity index (χ2n) is 6.31. The lowest BCUT2D eigenvalue weighted by molar-refractivity contribution is 1.09. The second kappa shape index (κ2) is 6.20. The molecule has 0 bridgehead atoms. The lowest BCUT2D eigenvalue weighted by Crippen LogP contribution is -1.90. The van der Waals surface area contributed by atoms with E-state index in [9.17, 15) is 0 Å². The van der Waals surface area contributed by atoms with Gasteiger partial charge in [-0.3, -0.25) is 0 Å². The van der Waals surface area contributed by atoms with Crippen LogP contribution in [0.5, 0.6) is 0 Å². The van der Waals surface area contributed by atoms with Crippen LogP contribution < -0.4 is 0 Å². The molecule has 2 aliphatic heterocycles. The monoisotopic (exact) mass is 312 g/mol. The van der Waals surface area contributed by atoms with Gasteiger partial charge in [0.2, 0.25) is 0 Å². The molecule has 0 amide bonds. The molecule has 0 aliphatic carbocycles. The smallest absolute Gasteiger partial charge is 0.00672 e. The fraction of sp³-hybridized carbons (Fsp3) is 0.368. The summed E-state index contributed by atoms with van der Waals surface area (Å²) in [6.07, 6.45) is 10.0. The highest BCUT2D eigenvalue weighted by molar-refractivity contribution is 7.57. The standard InChI is InChI=1S/C19H22P2/c1-2-7-17-13-20(12-16(17)6-1)10-5-11-21-14-18-8-3-4-9-19(18)15-21/h1-4,6-9H,5,10-15H2. The molecule has 4 rings (SSSR count). The van der Waals surface area contributed by atoms with Crippen LogP contribution >= 0.6 is 15.8 Å². The number of benzene rings is 2. The van der Waals surface area contributed by atoms with Crippen LogP contribution in [0.4, 0.5) is 0 Å². The Morgan fingerprint density at radius 1 is 0.571 bits per heavy atom. The van der Waals surface area contributed by atoms with Gasteiger partial charge in [0, 0.05) is 0 Å². The Hall–Kier alpha value is -0.700. The van der Waals surface area contributed by atoms with E-state index in [1.54, 1.807) is 22.3 Å². The number of fused-ring (bicyclic) bond motifs is 2. The minimum absolute atomic E-state index is 0.260. The molecular formula is C19H22P2. The van der Waals surface area contributed by atoms with Crippen molar-refractivity contribution in [2.75, 3.05) is 12.3 Å². The summed E-state index contributed by atoms with van der Waals surface area (Å²) in [6, 6.07) is 18.2. The van der Waals surface area contributed by atoms with Gasteiger partial charge in [0.05, 0.1) is 0 Å². The molecule has 2 heterocycles. The molecule has 0 aromatic heterocycles. The normalized spacial score (nSPS) is 17.9. The molecule has 2 aromatic carbocycles. The summed E-state index contributed by atoms with van der Waals surface area (Å²) in [5, 5.41) is 0. The SMILES string of the molecule is c1ccc2c(c1)CP(CCCP1Cc3ccccc3C1)C2. The van der Waals surface area contributed by atoms with Crippen molar-refractivity contribution in [1.29, 1.82) is 0 Å². The van der Waals surface area contributed by atoms with Crippen LogP contribution in [0.1, 0.15) is 28.7 Å². The largest absolute Gasteiger partial charge is 0.0977 e. The highest BCUT2D eigenvalue weighted by atomic mass is 31.1. The summed E-state index contributed by atoms with van der Waals surface area (Å²) < 4.78 is 0. The van der Waals surface area contributed by atoms with Crippen LogP contribution in [0, 0.1) is 0 Å². The second-order valence-corrected chi connectivity index (χ2v) is 11.2. The zero-order valence-electron chi connectivity index (χ0n) is 12.5. The van der Waals surface area contributed by atoms with E-state index in [0.717, 1.165) is 0 Å². The predicted octanol–water partition coefficient (Wildman–Crippen LogP) is 5.77. The quantitative estimate of drug-likeness (QED) is 0.629. The van der Waals surface area contributed by atoms with E-state index in [1.807, 2.05) is 0 Å². The van der Waals surface area contributed by atoms with E-state index in [-0.39, 0.29) is 15.8 Å². The summed E-state index contributed by atoms with van der Waals surface area (Å²) >= 11 is 0. The van der Waals surface area contributed by atoms with Gasteiger partial charge in [-0.05, 0) is 65.6 Å². The first-order chi connectivity index (χ1) is 10.4. The summed E-state index contributed by atoms with van der Waals surface area (Å²) in [5.41, 5.74) is 6.57. The van der Waals surface area contributed by atoms with Gasteiger partial charge in [-0.25, -0.2) is 0 Å². The third-order valence-corrected chi connectivity index (χ3v) is 9.81. The van der Waals surface area contributed by atoms with Gasteiger partial charge in [0.1, 0.15) is 0 Å².